The number of phenolic OH excluding ortho intramolecular Hbond substituents is 1. The lowest BCUT2D eigenvalue weighted by Gasteiger charge is -2.51. The zero-order valence-corrected chi connectivity index (χ0v) is 29.1. The van der Waals surface area contributed by atoms with Crippen LogP contribution in [-0.4, -0.2) is 64.8 Å². The number of nitrogens with zero attached hydrogens (tertiary/aromatic N) is 3. The summed E-state index contributed by atoms with van der Waals surface area (Å²) >= 11 is 15.0. The highest BCUT2D eigenvalue weighted by Gasteiger charge is 2.77. The quantitative estimate of drug-likeness (QED) is 0.212. The SMILES string of the molecule is O=C1C2CC=C3C(CC4(Cl)C(=O)N(c5ccc(F)cc5)C(=O)C4(Cl)C3C3=COc4ccc(O)cc4C3)C2C(=O)N1c1ccc(N2CCOCC2)cc1. The van der Waals surface area contributed by atoms with E-state index in [4.69, 9.17) is 32.7 Å². The second-order valence-corrected chi connectivity index (χ2v) is 15.4. The zero-order valence-electron chi connectivity index (χ0n) is 27.6. The van der Waals surface area contributed by atoms with Crippen molar-refractivity contribution in [1.82, 2.24) is 0 Å². The minimum absolute atomic E-state index is 0.0138. The van der Waals surface area contributed by atoms with Crippen molar-refractivity contribution in [3.05, 3.63) is 102 Å². The number of aromatic hydroxyl groups is 1. The molecule has 0 bridgehead atoms. The lowest BCUT2D eigenvalue weighted by atomic mass is 9.56. The van der Waals surface area contributed by atoms with E-state index in [0.717, 1.165) is 35.8 Å². The number of anilines is 3. The molecule has 4 fully saturated rings. The molecule has 1 saturated carbocycles. The summed E-state index contributed by atoms with van der Waals surface area (Å²) in [5.74, 6) is -5.76. The molecule has 4 aliphatic heterocycles. The first-order chi connectivity index (χ1) is 25.0. The Kier molecular flexibility index (Phi) is 7.59. The maximum absolute atomic E-state index is 14.6. The number of rotatable bonds is 4. The van der Waals surface area contributed by atoms with Crippen LogP contribution in [0.4, 0.5) is 21.5 Å². The first-order valence-corrected chi connectivity index (χ1v) is 18.0. The highest BCUT2D eigenvalue weighted by molar-refractivity contribution is 6.58. The normalized spacial score (nSPS) is 31.0. The number of hydrogen-bond donors (Lipinski definition) is 1. The standard InChI is InChI=1S/C39H32Cl2FN3O7/c40-38-19-30-28(10-11-29-32(30)35(48)44(34(29)47)25-7-5-24(6-8-25)43-13-15-51-16-14-43)33(22-17-21-18-27(46)9-12-31(21)52-20-22)39(38,41)37(50)45(36(38)49)26-3-1-23(42)2-4-26/h1-10,12,18,20,29-30,32-33,46H,11,13-17,19H2. The molecule has 0 spiro atoms. The summed E-state index contributed by atoms with van der Waals surface area (Å²) in [6.45, 7) is 2.70. The minimum atomic E-state index is -2.08. The van der Waals surface area contributed by atoms with Gasteiger partial charge in [0, 0.05) is 36.7 Å². The Bertz CT molecular complexity index is 2120. The van der Waals surface area contributed by atoms with Crippen molar-refractivity contribution in [3.63, 3.8) is 0 Å². The molecule has 1 N–H and O–H groups in total. The fourth-order valence-corrected chi connectivity index (χ4v) is 10.0. The van der Waals surface area contributed by atoms with Gasteiger partial charge >= 0.3 is 0 Å². The number of ether oxygens (including phenoxy) is 2. The summed E-state index contributed by atoms with van der Waals surface area (Å²) in [5, 5.41) is 10.3. The van der Waals surface area contributed by atoms with Gasteiger partial charge < -0.3 is 19.5 Å². The largest absolute Gasteiger partial charge is 0.508 e. The summed E-state index contributed by atoms with van der Waals surface area (Å²) in [4.78, 5) is 57.9. The lowest BCUT2D eigenvalue weighted by Crippen LogP contribution is -2.61. The van der Waals surface area contributed by atoms with Crippen LogP contribution in [0.15, 0.2) is 90.2 Å². The first kappa shape index (κ1) is 33.1. The number of hydrogen-bond acceptors (Lipinski definition) is 8. The number of morpholine rings is 1. The van der Waals surface area contributed by atoms with Gasteiger partial charge in [-0.3, -0.25) is 24.1 Å². The number of imide groups is 2. The van der Waals surface area contributed by atoms with Crippen molar-refractivity contribution in [2.24, 2.45) is 23.7 Å². The van der Waals surface area contributed by atoms with Crippen molar-refractivity contribution in [3.8, 4) is 11.5 Å². The molecule has 3 saturated heterocycles. The average molecular weight is 745 g/mol. The highest BCUT2D eigenvalue weighted by Crippen LogP contribution is 2.65. The highest BCUT2D eigenvalue weighted by atomic mass is 35.5. The van der Waals surface area contributed by atoms with Crippen LogP contribution in [0.5, 0.6) is 11.5 Å². The molecule has 4 heterocycles. The van der Waals surface area contributed by atoms with Crippen LogP contribution < -0.4 is 19.4 Å². The second kappa shape index (κ2) is 11.9. The Balaban J connectivity index is 1.13. The van der Waals surface area contributed by atoms with E-state index in [1.807, 2.05) is 18.2 Å². The molecule has 6 unspecified atom stereocenters. The molecule has 9 rings (SSSR count). The van der Waals surface area contributed by atoms with Gasteiger partial charge in [0.15, 0.2) is 9.75 Å². The molecule has 10 nitrogen and oxygen atoms in total. The van der Waals surface area contributed by atoms with Crippen LogP contribution in [-0.2, 0) is 30.3 Å². The summed E-state index contributed by atoms with van der Waals surface area (Å²) in [7, 11) is 0. The van der Waals surface area contributed by atoms with Crippen molar-refractivity contribution < 1.29 is 38.1 Å². The van der Waals surface area contributed by atoms with Gasteiger partial charge in [0.05, 0.1) is 42.7 Å². The number of benzene rings is 3. The third-order valence-electron chi connectivity index (χ3n) is 11.5. The maximum Gasteiger partial charge on any atom is 0.258 e. The van der Waals surface area contributed by atoms with Gasteiger partial charge in [-0.05, 0) is 91.1 Å². The molecule has 3 aromatic rings. The molecular weight excluding hydrogens is 712 g/mol. The molecule has 52 heavy (non-hydrogen) atoms. The summed E-state index contributed by atoms with van der Waals surface area (Å²) in [6.07, 6.45) is 3.56. The third-order valence-corrected chi connectivity index (χ3v) is 12.9. The Morgan fingerprint density at radius 3 is 2.21 bits per heavy atom. The Labute approximate surface area is 308 Å². The van der Waals surface area contributed by atoms with Gasteiger partial charge in [-0.15, -0.1) is 23.2 Å². The number of amides is 4. The van der Waals surface area contributed by atoms with Gasteiger partial charge in [0.1, 0.15) is 17.3 Å². The van der Waals surface area contributed by atoms with E-state index in [-0.39, 0.29) is 36.6 Å². The lowest BCUT2D eigenvalue weighted by molar-refractivity contribution is -0.125. The number of alkyl halides is 2. The van der Waals surface area contributed by atoms with Crippen molar-refractivity contribution in [2.45, 2.75) is 29.0 Å². The Morgan fingerprint density at radius 1 is 0.808 bits per heavy atom. The molecule has 6 atom stereocenters. The summed E-state index contributed by atoms with van der Waals surface area (Å²) < 4.78 is 25.4. The van der Waals surface area contributed by atoms with Gasteiger partial charge in [0.2, 0.25) is 11.8 Å². The maximum atomic E-state index is 14.6. The van der Waals surface area contributed by atoms with Crippen LogP contribution in [0.3, 0.4) is 0 Å². The second-order valence-electron chi connectivity index (χ2n) is 14.2. The Hall–Kier alpha value is -4.71. The third kappa shape index (κ3) is 4.65. The number of fused-ring (bicyclic) bond motifs is 5. The number of carbonyl (C=O) groups is 4. The number of halogens is 3. The van der Waals surface area contributed by atoms with Gasteiger partial charge in [0.25, 0.3) is 11.8 Å². The molecule has 6 aliphatic rings. The van der Waals surface area contributed by atoms with Gasteiger partial charge in [-0.1, -0.05) is 11.6 Å². The van der Waals surface area contributed by atoms with Crippen LogP contribution in [0.2, 0.25) is 0 Å². The molecule has 13 heteroatoms. The molecule has 266 valence electrons. The van der Waals surface area contributed by atoms with Crippen molar-refractivity contribution in [1.29, 1.82) is 0 Å². The van der Waals surface area contributed by atoms with E-state index < -0.39 is 57.0 Å². The van der Waals surface area contributed by atoms with E-state index in [9.17, 15) is 28.7 Å². The fraction of sp³-hybridized carbons (Fsp3) is 0.333. The van der Waals surface area contributed by atoms with Crippen molar-refractivity contribution in [2.75, 3.05) is 41.0 Å². The predicted molar refractivity (Wildman–Crippen MR) is 190 cm³/mol. The van der Waals surface area contributed by atoms with Gasteiger partial charge in [-0.2, -0.15) is 0 Å². The van der Waals surface area contributed by atoms with E-state index in [1.54, 1.807) is 24.3 Å². The molecule has 3 aromatic carbocycles. The van der Waals surface area contributed by atoms with E-state index in [2.05, 4.69) is 4.90 Å². The molecule has 0 aromatic heterocycles. The van der Waals surface area contributed by atoms with Crippen molar-refractivity contribution >= 4 is 63.9 Å². The van der Waals surface area contributed by atoms with Crippen LogP contribution >= 0.6 is 23.2 Å². The Morgan fingerprint density at radius 2 is 1.48 bits per heavy atom. The van der Waals surface area contributed by atoms with Crippen LogP contribution in [0.25, 0.3) is 0 Å². The molecule has 4 amide bonds. The van der Waals surface area contributed by atoms with E-state index in [0.29, 0.717) is 41.4 Å². The molecular formula is C39H32Cl2FN3O7. The number of carbonyl (C=O) groups excluding carboxylic acids is 4. The number of phenols is 1. The summed E-state index contributed by atoms with van der Waals surface area (Å²) in [5.41, 5.74) is 3.26. The summed E-state index contributed by atoms with van der Waals surface area (Å²) in [6, 6.07) is 16.9. The predicted octanol–water partition coefficient (Wildman–Crippen LogP) is 5.49. The van der Waals surface area contributed by atoms with E-state index in [1.165, 1.54) is 29.4 Å². The van der Waals surface area contributed by atoms with Crippen LogP contribution in [0.1, 0.15) is 18.4 Å². The fourth-order valence-electron chi connectivity index (χ4n) is 9.10. The van der Waals surface area contributed by atoms with Gasteiger partial charge in [-0.25, -0.2) is 9.29 Å². The monoisotopic (exact) mass is 743 g/mol. The molecule has 2 aliphatic carbocycles. The topological polar surface area (TPSA) is 117 Å². The van der Waals surface area contributed by atoms with E-state index >= 15 is 0 Å². The molecule has 0 radical (unpaired) electrons. The van der Waals surface area contributed by atoms with Crippen LogP contribution in [0, 0.1) is 29.5 Å². The smallest absolute Gasteiger partial charge is 0.258 e. The number of allylic oxidation sites excluding steroid dienone is 3. The first-order valence-electron chi connectivity index (χ1n) is 17.2. The average Bonchev–Trinajstić information content (AvgIpc) is 3.49. The minimum Gasteiger partial charge on any atom is -0.508 e. The zero-order chi connectivity index (χ0) is 36.1.